The molecule has 3 atom stereocenters. The molecule has 0 radical (unpaired) electrons. The second-order valence-electron chi connectivity index (χ2n) is 5.48. The monoisotopic (exact) mass is 265 g/mol. The topological polar surface area (TPSA) is 21.3 Å². The maximum absolute atomic E-state index is 12.6. The van der Waals surface area contributed by atoms with Crippen LogP contribution in [0.2, 0.25) is 0 Å². The van der Waals surface area contributed by atoms with Crippen LogP contribution in [-0.2, 0) is 4.74 Å². The average molecular weight is 265 g/mol. The van der Waals surface area contributed by atoms with Crippen molar-refractivity contribution < 1.29 is 17.9 Å². The summed E-state index contributed by atoms with van der Waals surface area (Å²) >= 11 is 0. The van der Waals surface area contributed by atoms with Crippen LogP contribution in [0.25, 0.3) is 0 Å². The lowest BCUT2D eigenvalue weighted by molar-refractivity contribution is -0.183. The maximum atomic E-state index is 12.6. The van der Waals surface area contributed by atoms with E-state index in [1.807, 2.05) is 0 Å². The molecule has 0 amide bonds. The van der Waals surface area contributed by atoms with Gasteiger partial charge in [0.1, 0.15) is 0 Å². The highest BCUT2D eigenvalue weighted by Crippen LogP contribution is 2.37. The number of nitrogens with one attached hydrogen (secondary N) is 1. The minimum absolute atomic E-state index is 0.0341. The summed E-state index contributed by atoms with van der Waals surface area (Å²) < 4.78 is 43.4. The quantitative estimate of drug-likeness (QED) is 0.842. The lowest BCUT2D eigenvalue weighted by atomic mass is 9.85. The van der Waals surface area contributed by atoms with Crippen molar-refractivity contribution in [3.63, 3.8) is 0 Å². The Balaban J connectivity index is 1.66. The van der Waals surface area contributed by atoms with E-state index in [0.717, 1.165) is 38.8 Å². The Morgan fingerprint density at radius 1 is 1.11 bits per heavy atom. The van der Waals surface area contributed by atoms with Crippen LogP contribution >= 0.6 is 0 Å². The van der Waals surface area contributed by atoms with Gasteiger partial charge in [-0.2, -0.15) is 13.2 Å². The number of halogens is 3. The SMILES string of the molecule is FC(F)(F)C1CCCC(NCCC2CCCO2)C1. The molecule has 0 aromatic heterocycles. The predicted octanol–water partition coefficient (Wildman–Crippen LogP) is 3.27. The Morgan fingerprint density at radius 3 is 2.61 bits per heavy atom. The second kappa shape index (κ2) is 6.24. The summed E-state index contributed by atoms with van der Waals surface area (Å²) in [4.78, 5) is 0. The van der Waals surface area contributed by atoms with Gasteiger partial charge in [0.05, 0.1) is 12.0 Å². The van der Waals surface area contributed by atoms with Crippen molar-refractivity contribution in [2.45, 2.75) is 63.3 Å². The van der Waals surface area contributed by atoms with Crippen molar-refractivity contribution in [2.24, 2.45) is 5.92 Å². The highest BCUT2D eigenvalue weighted by atomic mass is 19.4. The van der Waals surface area contributed by atoms with Gasteiger partial charge in [0, 0.05) is 12.6 Å². The molecule has 0 bridgehead atoms. The highest BCUT2D eigenvalue weighted by Gasteiger charge is 2.41. The maximum Gasteiger partial charge on any atom is 0.391 e. The normalized spacial score (nSPS) is 33.8. The highest BCUT2D eigenvalue weighted by molar-refractivity contribution is 4.82. The molecular weight excluding hydrogens is 243 g/mol. The van der Waals surface area contributed by atoms with Crippen molar-refractivity contribution in [2.75, 3.05) is 13.2 Å². The zero-order valence-corrected chi connectivity index (χ0v) is 10.6. The fourth-order valence-electron chi connectivity index (χ4n) is 2.99. The molecule has 1 aliphatic heterocycles. The molecule has 1 saturated carbocycles. The zero-order chi connectivity index (χ0) is 13.0. The van der Waals surface area contributed by atoms with Gasteiger partial charge in [-0.1, -0.05) is 6.42 Å². The van der Waals surface area contributed by atoms with E-state index in [9.17, 15) is 13.2 Å². The Labute approximate surface area is 106 Å². The molecule has 2 nitrogen and oxygen atoms in total. The van der Waals surface area contributed by atoms with E-state index in [0.29, 0.717) is 18.9 Å². The number of ether oxygens (including phenoxy) is 1. The molecule has 3 unspecified atom stereocenters. The van der Waals surface area contributed by atoms with Crippen molar-refractivity contribution in [3.8, 4) is 0 Å². The molecule has 2 fully saturated rings. The van der Waals surface area contributed by atoms with Crippen LogP contribution in [-0.4, -0.2) is 31.5 Å². The first-order valence-corrected chi connectivity index (χ1v) is 6.97. The number of rotatable bonds is 4. The summed E-state index contributed by atoms with van der Waals surface area (Å²) in [7, 11) is 0. The van der Waals surface area contributed by atoms with Crippen molar-refractivity contribution >= 4 is 0 Å². The third kappa shape index (κ3) is 4.12. The number of hydrogen-bond donors (Lipinski definition) is 1. The third-order valence-corrected chi connectivity index (χ3v) is 4.06. The van der Waals surface area contributed by atoms with Crippen LogP contribution in [0.15, 0.2) is 0 Å². The molecule has 1 saturated heterocycles. The molecule has 106 valence electrons. The fraction of sp³-hybridized carbons (Fsp3) is 1.00. The van der Waals surface area contributed by atoms with Gasteiger partial charge < -0.3 is 10.1 Å². The van der Waals surface area contributed by atoms with E-state index < -0.39 is 12.1 Å². The molecule has 18 heavy (non-hydrogen) atoms. The van der Waals surface area contributed by atoms with Crippen LogP contribution in [0.1, 0.15) is 44.9 Å². The van der Waals surface area contributed by atoms with Gasteiger partial charge in [0.25, 0.3) is 0 Å². The van der Waals surface area contributed by atoms with E-state index in [1.165, 1.54) is 0 Å². The fourth-order valence-corrected chi connectivity index (χ4v) is 2.99. The van der Waals surface area contributed by atoms with Gasteiger partial charge in [-0.3, -0.25) is 0 Å². The van der Waals surface area contributed by atoms with Crippen molar-refractivity contribution in [1.82, 2.24) is 5.32 Å². The molecule has 2 rings (SSSR count). The van der Waals surface area contributed by atoms with Gasteiger partial charge >= 0.3 is 6.18 Å². The van der Waals surface area contributed by atoms with E-state index in [4.69, 9.17) is 4.74 Å². The first kappa shape index (κ1) is 14.1. The molecule has 2 aliphatic rings. The van der Waals surface area contributed by atoms with Gasteiger partial charge in [-0.15, -0.1) is 0 Å². The van der Waals surface area contributed by atoms with E-state index in [-0.39, 0.29) is 12.5 Å². The molecule has 0 aromatic rings. The second-order valence-corrected chi connectivity index (χ2v) is 5.48. The Morgan fingerprint density at radius 2 is 1.94 bits per heavy atom. The Kier molecular flexibility index (Phi) is 4.90. The van der Waals surface area contributed by atoms with Crippen LogP contribution in [0.5, 0.6) is 0 Å². The molecule has 0 aromatic carbocycles. The summed E-state index contributed by atoms with van der Waals surface area (Å²) in [5, 5.41) is 3.27. The molecule has 1 N–H and O–H groups in total. The standard InChI is InChI=1S/C13H22F3NO/c14-13(15,16)10-3-1-4-11(9-10)17-7-6-12-5-2-8-18-12/h10-12,17H,1-9H2. The summed E-state index contributed by atoms with van der Waals surface area (Å²) in [6.07, 6.45) is 1.53. The summed E-state index contributed by atoms with van der Waals surface area (Å²) in [5.74, 6) is -1.11. The number of hydrogen-bond acceptors (Lipinski definition) is 2. The first-order valence-electron chi connectivity index (χ1n) is 6.97. The minimum Gasteiger partial charge on any atom is -0.378 e. The molecule has 0 spiro atoms. The van der Waals surface area contributed by atoms with Gasteiger partial charge in [0.2, 0.25) is 0 Å². The van der Waals surface area contributed by atoms with Crippen LogP contribution in [0.4, 0.5) is 13.2 Å². The molecule has 1 aliphatic carbocycles. The Hall–Kier alpha value is -0.290. The Bertz CT molecular complexity index is 251. The lowest BCUT2D eigenvalue weighted by Gasteiger charge is -2.31. The summed E-state index contributed by atoms with van der Waals surface area (Å²) in [6.45, 7) is 1.62. The summed E-state index contributed by atoms with van der Waals surface area (Å²) in [6, 6.07) is 0.0341. The van der Waals surface area contributed by atoms with Crippen LogP contribution in [0, 0.1) is 5.92 Å². The predicted molar refractivity (Wildman–Crippen MR) is 63.4 cm³/mol. The lowest BCUT2D eigenvalue weighted by Crippen LogP contribution is -2.39. The van der Waals surface area contributed by atoms with E-state index in [2.05, 4.69) is 5.32 Å². The number of alkyl halides is 3. The van der Waals surface area contributed by atoms with Gasteiger partial charge in [-0.25, -0.2) is 0 Å². The third-order valence-electron chi connectivity index (χ3n) is 4.06. The average Bonchev–Trinajstić information content (AvgIpc) is 2.81. The van der Waals surface area contributed by atoms with Crippen molar-refractivity contribution in [3.05, 3.63) is 0 Å². The van der Waals surface area contributed by atoms with Crippen LogP contribution < -0.4 is 5.32 Å². The van der Waals surface area contributed by atoms with E-state index >= 15 is 0 Å². The smallest absolute Gasteiger partial charge is 0.378 e. The largest absolute Gasteiger partial charge is 0.391 e. The van der Waals surface area contributed by atoms with Gasteiger partial charge in [-0.05, 0) is 45.1 Å². The van der Waals surface area contributed by atoms with Crippen molar-refractivity contribution in [1.29, 1.82) is 0 Å². The minimum atomic E-state index is -4.02. The molecular formula is C13H22F3NO. The van der Waals surface area contributed by atoms with E-state index in [1.54, 1.807) is 0 Å². The summed E-state index contributed by atoms with van der Waals surface area (Å²) in [5.41, 5.74) is 0. The van der Waals surface area contributed by atoms with Crippen LogP contribution in [0.3, 0.4) is 0 Å². The zero-order valence-electron chi connectivity index (χ0n) is 10.6. The molecule has 1 heterocycles. The molecule has 5 heteroatoms. The first-order chi connectivity index (χ1) is 8.55. The van der Waals surface area contributed by atoms with Gasteiger partial charge in [0.15, 0.2) is 0 Å².